The first-order chi connectivity index (χ1) is 10.0. The predicted molar refractivity (Wildman–Crippen MR) is 79.6 cm³/mol. The van der Waals surface area contributed by atoms with Gasteiger partial charge in [-0.05, 0) is 17.0 Å². The SMILES string of the molecule is CCCCCCCCN(F)S(=O)(=O)c1ccccc1[N+]#N. The second-order valence-electron chi connectivity index (χ2n) is 4.85. The van der Waals surface area contributed by atoms with E-state index in [1.54, 1.807) is 0 Å². The molecule has 0 spiro atoms. The Morgan fingerprint density at radius 3 is 2.43 bits per heavy atom. The summed E-state index contributed by atoms with van der Waals surface area (Å²) in [6.45, 7) is 1.92. The Labute approximate surface area is 125 Å². The second-order valence-corrected chi connectivity index (χ2v) is 6.64. The van der Waals surface area contributed by atoms with Gasteiger partial charge in [0.25, 0.3) is 10.0 Å². The maximum Gasteiger partial charge on any atom is 0.405 e. The number of hydrogen-bond donors (Lipinski definition) is 0. The molecule has 0 N–H and O–H groups in total. The highest BCUT2D eigenvalue weighted by Gasteiger charge is 2.31. The Bertz CT molecular complexity index is 584. The molecule has 0 saturated carbocycles. The van der Waals surface area contributed by atoms with Gasteiger partial charge in [0.2, 0.25) is 5.39 Å². The molecular weight excluding hydrogens is 293 g/mol. The van der Waals surface area contributed by atoms with E-state index in [1.165, 1.54) is 24.3 Å². The molecule has 0 aliphatic heterocycles. The maximum absolute atomic E-state index is 13.9. The number of hydrogen-bond acceptors (Lipinski definition) is 3. The molecule has 0 amide bonds. The molecule has 0 saturated heterocycles. The molecule has 116 valence electrons. The highest BCUT2D eigenvalue weighted by atomic mass is 32.2. The van der Waals surface area contributed by atoms with Gasteiger partial charge in [-0.2, -0.15) is 0 Å². The van der Waals surface area contributed by atoms with Crippen molar-refractivity contribution in [1.29, 1.82) is 5.39 Å². The van der Waals surface area contributed by atoms with Gasteiger partial charge < -0.3 is 0 Å². The van der Waals surface area contributed by atoms with Crippen LogP contribution < -0.4 is 0 Å². The van der Waals surface area contributed by atoms with Crippen LogP contribution in [0.4, 0.5) is 10.2 Å². The van der Waals surface area contributed by atoms with Gasteiger partial charge in [-0.1, -0.05) is 51.2 Å². The molecule has 0 fully saturated rings. The van der Waals surface area contributed by atoms with E-state index >= 15 is 0 Å². The highest BCUT2D eigenvalue weighted by Crippen LogP contribution is 2.27. The van der Waals surface area contributed by atoms with Crippen molar-refractivity contribution >= 4 is 15.7 Å². The molecule has 5 nitrogen and oxygen atoms in total. The number of diazo groups is 1. The predicted octanol–water partition coefficient (Wildman–Crippen LogP) is 4.41. The molecule has 0 atom stereocenters. The lowest BCUT2D eigenvalue weighted by molar-refractivity contribution is 0.136. The summed E-state index contributed by atoms with van der Waals surface area (Å²) in [7, 11) is -4.27. The molecule has 0 unspecified atom stereocenters. The standard InChI is InChI=1S/C14H21FN3O2S/c1-2-3-4-5-6-9-12-18(15)21(19,20)14-11-8-7-10-13(14)17-16/h7-8,10-11H,2-6,9,12H2,1H3/q+1. The Balaban J connectivity index is 2.60. The zero-order valence-electron chi connectivity index (χ0n) is 12.2. The molecule has 1 aromatic carbocycles. The average molecular weight is 314 g/mol. The Kier molecular flexibility index (Phi) is 7.26. The van der Waals surface area contributed by atoms with E-state index < -0.39 is 10.0 Å². The summed E-state index contributed by atoms with van der Waals surface area (Å²) in [5.41, 5.74) is -0.164. The Hall–Kier alpha value is -1.52. The quantitative estimate of drug-likeness (QED) is 0.385. The summed E-state index contributed by atoms with van der Waals surface area (Å²) >= 11 is 0. The fourth-order valence-corrected chi connectivity index (χ4v) is 3.21. The van der Waals surface area contributed by atoms with Gasteiger partial charge in [0, 0.05) is 12.6 Å². The topological polar surface area (TPSA) is 65.5 Å². The number of nitrogens with zero attached hydrogens (tertiary/aromatic N) is 3. The number of halogens is 1. The number of benzene rings is 1. The van der Waals surface area contributed by atoms with Crippen molar-refractivity contribution in [1.82, 2.24) is 4.53 Å². The van der Waals surface area contributed by atoms with Crippen molar-refractivity contribution in [3.8, 4) is 0 Å². The third kappa shape index (κ3) is 5.06. The zero-order valence-corrected chi connectivity index (χ0v) is 13.0. The number of rotatable bonds is 9. The van der Waals surface area contributed by atoms with Gasteiger partial charge in [0.15, 0.2) is 9.87 Å². The largest absolute Gasteiger partial charge is 0.405 e. The van der Waals surface area contributed by atoms with E-state index in [2.05, 4.69) is 11.9 Å². The summed E-state index contributed by atoms with van der Waals surface area (Å²) in [6, 6.07) is 5.51. The summed E-state index contributed by atoms with van der Waals surface area (Å²) < 4.78 is 37.8. The van der Waals surface area contributed by atoms with E-state index in [1.807, 2.05) is 0 Å². The van der Waals surface area contributed by atoms with Gasteiger partial charge in [-0.25, -0.2) is 8.42 Å². The summed E-state index contributed by atoms with van der Waals surface area (Å²) in [5.74, 6) is 0. The lowest BCUT2D eigenvalue weighted by atomic mass is 10.1. The van der Waals surface area contributed by atoms with Crippen LogP contribution in [0.5, 0.6) is 0 Å². The van der Waals surface area contributed by atoms with E-state index in [4.69, 9.17) is 5.39 Å². The molecule has 0 aliphatic carbocycles. The van der Waals surface area contributed by atoms with E-state index in [0.29, 0.717) is 6.42 Å². The van der Waals surface area contributed by atoms with Gasteiger partial charge in [-0.15, -0.1) is 4.48 Å². The molecule has 1 aromatic rings. The first kappa shape index (κ1) is 17.5. The third-order valence-corrected chi connectivity index (χ3v) is 4.80. The van der Waals surface area contributed by atoms with Crippen molar-refractivity contribution in [2.24, 2.45) is 0 Å². The summed E-state index contributed by atoms with van der Waals surface area (Å²) in [6.07, 6.45) is 5.60. The Morgan fingerprint density at radius 2 is 1.76 bits per heavy atom. The summed E-state index contributed by atoms with van der Waals surface area (Å²) in [4.78, 5) is 2.54. The summed E-state index contributed by atoms with van der Waals surface area (Å²) in [5, 5.41) is 8.78. The smallest absolute Gasteiger partial charge is 0.204 e. The van der Waals surface area contributed by atoms with Crippen LogP contribution in [-0.4, -0.2) is 19.5 Å². The van der Waals surface area contributed by atoms with Crippen molar-refractivity contribution in [2.75, 3.05) is 6.54 Å². The molecule has 0 aromatic heterocycles. The fraction of sp³-hybridized carbons (Fsp3) is 0.571. The number of unbranched alkanes of at least 4 members (excludes halogenated alkanes) is 5. The van der Waals surface area contributed by atoms with Crippen LogP contribution in [0.15, 0.2) is 29.2 Å². The zero-order chi connectivity index (χ0) is 15.7. The van der Waals surface area contributed by atoms with E-state index in [0.717, 1.165) is 32.1 Å². The van der Waals surface area contributed by atoms with Crippen LogP contribution >= 0.6 is 0 Å². The van der Waals surface area contributed by atoms with Crippen LogP contribution in [0.2, 0.25) is 0 Å². The molecule has 0 radical (unpaired) electrons. The minimum absolute atomic E-state index is 0.164. The van der Waals surface area contributed by atoms with Gasteiger partial charge in [-0.3, -0.25) is 0 Å². The first-order valence-corrected chi connectivity index (χ1v) is 8.60. The monoisotopic (exact) mass is 314 g/mol. The van der Waals surface area contributed by atoms with Crippen molar-refractivity contribution in [3.63, 3.8) is 0 Å². The number of sulfonamides is 1. The van der Waals surface area contributed by atoms with Crippen LogP contribution in [0.25, 0.3) is 4.98 Å². The van der Waals surface area contributed by atoms with Crippen LogP contribution in [0, 0.1) is 5.39 Å². The molecule has 0 bridgehead atoms. The van der Waals surface area contributed by atoms with Gasteiger partial charge in [0.1, 0.15) is 0 Å². The second kappa shape index (κ2) is 8.70. The molecule has 0 heterocycles. The molecule has 21 heavy (non-hydrogen) atoms. The third-order valence-electron chi connectivity index (χ3n) is 3.20. The molecule has 0 aliphatic rings. The van der Waals surface area contributed by atoms with E-state index in [-0.39, 0.29) is 21.7 Å². The molecule has 1 rings (SSSR count). The van der Waals surface area contributed by atoms with Crippen LogP contribution in [0.3, 0.4) is 0 Å². The lowest BCUT2D eigenvalue weighted by Crippen LogP contribution is -2.24. The first-order valence-electron chi connectivity index (χ1n) is 7.16. The Morgan fingerprint density at radius 1 is 1.14 bits per heavy atom. The van der Waals surface area contributed by atoms with Crippen molar-refractivity contribution in [3.05, 3.63) is 29.2 Å². The normalized spacial score (nSPS) is 11.5. The maximum atomic E-state index is 13.9. The van der Waals surface area contributed by atoms with Gasteiger partial charge >= 0.3 is 5.69 Å². The average Bonchev–Trinajstić information content (AvgIpc) is 2.50. The lowest BCUT2D eigenvalue weighted by Gasteiger charge is -2.11. The minimum atomic E-state index is -4.27. The van der Waals surface area contributed by atoms with Gasteiger partial charge in [0.05, 0.1) is 0 Å². The van der Waals surface area contributed by atoms with Crippen molar-refractivity contribution in [2.45, 2.75) is 50.3 Å². The molecule has 7 heteroatoms. The van der Waals surface area contributed by atoms with Crippen molar-refractivity contribution < 1.29 is 12.9 Å². The minimum Gasteiger partial charge on any atom is -0.204 e. The highest BCUT2D eigenvalue weighted by molar-refractivity contribution is 7.89. The fourth-order valence-electron chi connectivity index (χ4n) is 2.00. The van der Waals surface area contributed by atoms with E-state index in [9.17, 15) is 12.9 Å². The van der Waals surface area contributed by atoms with Crippen LogP contribution in [0.1, 0.15) is 45.4 Å². The molecular formula is C14H21FN3O2S+. The van der Waals surface area contributed by atoms with Crippen LogP contribution in [-0.2, 0) is 10.0 Å².